The van der Waals surface area contributed by atoms with Crippen LogP contribution in [-0.4, -0.2) is 29.8 Å². The molecule has 0 aromatic heterocycles. The summed E-state index contributed by atoms with van der Waals surface area (Å²) in [6, 6.07) is 0. The highest BCUT2D eigenvalue weighted by Gasteiger charge is 2.36. The van der Waals surface area contributed by atoms with Gasteiger partial charge in [-0.25, -0.2) is 4.79 Å². The first kappa shape index (κ1) is 22.1. The minimum Gasteiger partial charge on any atom is -0.481 e. The van der Waals surface area contributed by atoms with Crippen LogP contribution in [-0.2, 0) is 23.9 Å². The predicted molar refractivity (Wildman–Crippen MR) is 90.1 cm³/mol. The Bertz CT molecular complexity index is 484. The minimum absolute atomic E-state index is 0.233. The van der Waals surface area contributed by atoms with Crippen molar-refractivity contribution in [1.82, 2.24) is 0 Å². The normalized spacial score (nSPS) is 15.7. The summed E-state index contributed by atoms with van der Waals surface area (Å²) in [6.07, 6.45) is 2.69. The molecule has 0 saturated heterocycles. The van der Waals surface area contributed by atoms with E-state index in [0.717, 1.165) is 0 Å². The highest BCUT2D eigenvalue weighted by molar-refractivity contribution is 5.87. The van der Waals surface area contributed by atoms with Gasteiger partial charge in [-0.15, -0.1) is 0 Å². The Kier molecular flexibility index (Phi) is 8.72. The van der Waals surface area contributed by atoms with Gasteiger partial charge in [0.2, 0.25) is 6.79 Å². The maximum atomic E-state index is 12.3. The van der Waals surface area contributed by atoms with Gasteiger partial charge >= 0.3 is 17.9 Å². The van der Waals surface area contributed by atoms with Gasteiger partial charge in [-0.2, -0.15) is 0 Å². The Morgan fingerprint density at radius 3 is 1.92 bits per heavy atom. The van der Waals surface area contributed by atoms with Gasteiger partial charge in [-0.3, -0.25) is 9.59 Å². The first-order chi connectivity index (χ1) is 11.0. The van der Waals surface area contributed by atoms with Crippen molar-refractivity contribution in [2.75, 3.05) is 6.79 Å². The molecular weight excluding hydrogens is 312 g/mol. The average Bonchev–Trinajstić information content (AvgIpc) is 2.53. The van der Waals surface area contributed by atoms with Crippen LogP contribution in [0.5, 0.6) is 0 Å². The van der Waals surface area contributed by atoms with Crippen molar-refractivity contribution in [2.45, 2.75) is 66.7 Å². The number of esters is 2. The molecule has 0 rings (SSSR count). The van der Waals surface area contributed by atoms with E-state index < -0.39 is 35.5 Å². The number of hydrogen-bond donors (Lipinski definition) is 1. The monoisotopic (exact) mass is 342 g/mol. The second-order valence-corrected chi connectivity index (χ2v) is 6.75. The molecule has 2 atom stereocenters. The molecule has 6 heteroatoms. The number of aliphatic carboxylic acids is 1. The third-order valence-electron chi connectivity index (χ3n) is 4.76. The van der Waals surface area contributed by atoms with E-state index >= 15 is 0 Å². The summed E-state index contributed by atoms with van der Waals surface area (Å²) >= 11 is 0. The van der Waals surface area contributed by atoms with Crippen LogP contribution in [0.15, 0.2) is 12.2 Å². The van der Waals surface area contributed by atoms with Crippen molar-refractivity contribution < 1.29 is 29.0 Å². The average molecular weight is 342 g/mol. The summed E-state index contributed by atoms with van der Waals surface area (Å²) in [5, 5.41) is 9.29. The molecule has 24 heavy (non-hydrogen) atoms. The predicted octanol–water partition coefficient (Wildman–Crippen LogP) is 3.69. The molecule has 0 aliphatic carbocycles. The van der Waals surface area contributed by atoms with Crippen LogP contribution in [0, 0.1) is 10.8 Å². The number of hydrogen-bond acceptors (Lipinski definition) is 5. The third kappa shape index (κ3) is 6.34. The van der Waals surface area contributed by atoms with Crippen molar-refractivity contribution >= 4 is 17.9 Å². The fourth-order valence-electron chi connectivity index (χ4n) is 2.16. The number of carboxylic acid groups (broad SMARTS) is 1. The van der Waals surface area contributed by atoms with E-state index in [0.29, 0.717) is 32.1 Å². The molecule has 0 saturated carbocycles. The zero-order valence-corrected chi connectivity index (χ0v) is 15.4. The SMILES string of the molecule is C=C(C)C(=O)OCOC(=O)C(C)(CC)CCCC(C)(CC)C(=O)O. The largest absolute Gasteiger partial charge is 0.481 e. The number of carbonyl (C=O) groups excluding carboxylic acids is 2. The highest BCUT2D eigenvalue weighted by atomic mass is 16.7. The summed E-state index contributed by atoms with van der Waals surface area (Å²) in [5.74, 6) is -1.88. The molecule has 2 unspecified atom stereocenters. The Hall–Kier alpha value is -1.85. The second kappa shape index (κ2) is 9.45. The lowest BCUT2D eigenvalue weighted by Gasteiger charge is -2.28. The van der Waals surface area contributed by atoms with Crippen LogP contribution < -0.4 is 0 Å². The maximum Gasteiger partial charge on any atom is 0.335 e. The lowest BCUT2D eigenvalue weighted by Crippen LogP contribution is -2.32. The summed E-state index contributed by atoms with van der Waals surface area (Å²) in [4.78, 5) is 34.8. The van der Waals surface area contributed by atoms with E-state index in [4.69, 9.17) is 9.47 Å². The third-order valence-corrected chi connectivity index (χ3v) is 4.76. The van der Waals surface area contributed by atoms with E-state index in [9.17, 15) is 19.5 Å². The Morgan fingerprint density at radius 2 is 1.50 bits per heavy atom. The molecule has 0 aromatic carbocycles. The second-order valence-electron chi connectivity index (χ2n) is 6.75. The van der Waals surface area contributed by atoms with Crippen molar-refractivity contribution in [3.63, 3.8) is 0 Å². The fourth-order valence-corrected chi connectivity index (χ4v) is 2.16. The molecule has 0 aliphatic heterocycles. The molecule has 0 radical (unpaired) electrons. The smallest absolute Gasteiger partial charge is 0.335 e. The number of carbonyl (C=O) groups is 3. The highest BCUT2D eigenvalue weighted by Crippen LogP contribution is 2.34. The molecule has 0 aliphatic rings. The first-order valence-corrected chi connectivity index (χ1v) is 8.25. The van der Waals surface area contributed by atoms with Crippen molar-refractivity contribution in [3.8, 4) is 0 Å². The Morgan fingerprint density at radius 1 is 1.00 bits per heavy atom. The maximum absolute atomic E-state index is 12.3. The van der Waals surface area contributed by atoms with Crippen LogP contribution in [0.1, 0.15) is 66.7 Å². The summed E-state index contributed by atoms with van der Waals surface area (Å²) in [5.41, 5.74) is -1.28. The van der Waals surface area contributed by atoms with Gasteiger partial charge in [0.15, 0.2) is 0 Å². The summed E-state index contributed by atoms with van der Waals surface area (Å²) in [7, 11) is 0. The van der Waals surface area contributed by atoms with Crippen molar-refractivity contribution in [2.24, 2.45) is 10.8 Å². The zero-order chi connectivity index (χ0) is 19.0. The van der Waals surface area contributed by atoms with Gasteiger partial charge in [-0.1, -0.05) is 26.8 Å². The van der Waals surface area contributed by atoms with Gasteiger partial charge < -0.3 is 14.6 Å². The van der Waals surface area contributed by atoms with E-state index in [2.05, 4.69) is 6.58 Å². The molecule has 1 N–H and O–H groups in total. The first-order valence-electron chi connectivity index (χ1n) is 8.25. The van der Waals surface area contributed by atoms with Gasteiger partial charge in [0, 0.05) is 5.57 Å². The molecule has 138 valence electrons. The molecule has 0 amide bonds. The number of carboxylic acids is 1. The number of rotatable bonds is 11. The van der Waals surface area contributed by atoms with Gasteiger partial charge in [-0.05, 0) is 46.5 Å². The van der Waals surface area contributed by atoms with E-state index in [1.54, 1.807) is 13.8 Å². The Labute approximate surface area is 144 Å². The Balaban J connectivity index is 4.56. The topological polar surface area (TPSA) is 89.9 Å². The fraction of sp³-hybridized carbons (Fsp3) is 0.722. The number of ether oxygens (including phenoxy) is 2. The van der Waals surface area contributed by atoms with E-state index in [1.807, 2.05) is 13.8 Å². The van der Waals surface area contributed by atoms with E-state index in [1.165, 1.54) is 6.92 Å². The quantitative estimate of drug-likeness (QED) is 0.350. The molecule has 0 fully saturated rings. The van der Waals surface area contributed by atoms with E-state index in [-0.39, 0.29) is 5.57 Å². The standard InChI is InChI=1S/C18H30O6/c1-7-17(5,15(20)21)10-9-11-18(6,8-2)16(22)24-12-23-14(19)13(3)4/h3,7-12H2,1-2,4-6H3,(H,20,21). The van der Waals surface area contributed by atoms with Crippen molar-refractivity contribution in [1.29, 1.82) is 0 Å². The molecule has 0 spiro atoms. The van der Waals surface area contributed by atoms with Crippen molar-refractivity contribution in [3.05, 3.63) is 12.2 Å². The lowest BCUT2D eigenvalue weighted by molar-refractivity contribution is -0.173. The van der Waals surface area contributed by atoms with Gasteiger partial charge in [0.25, 0.3) is 0 Å². The van der Waals surface area contributed by atoms with Crippen LogP contribution in [0.25, 0.3) is 0 Å². The van der Waals surface area contributed by atoms with Crippen LogP contribution in [0.2, 0.25) is 0 Å². The van der Waals surface area contributed by atoms with Crippen LogP contribution in [0.3, 0.4) is 0 Å². The lowest BCUT2D eigenvalue weighted by atomic mass is 9.77. The molecule has 6 nitrogen and oxygen atoms in total. The molecular formula is C18H30O6. The van der Waals surface area contributed by atoms with Crippen LogP contribution >= 0.6 is 0 Å². The molecule has 0 bridgehead atoms. The summed E-state index contributed by atoms with van der Waals surface area (Å²) in [6.45, 7) is 11.7. The zero-order valence-electron chi connectivity index (χ0n) is 15.4. The van der Waals surface area contributed by atoms with Gasteiger partial charge in [0.1, 0.15) is 0 Å². The van der Waals surface area contributed by atoms with Crippen LogP contribution in [0.4, 0.5) is 0 Å². The summed E-state index contributed by atoms with van der Waals surface area (Å²) < 4.78 is 9.80. The molecule has 0 aromatic rings. The molecule has 0 heterocycles. The minimum atomic E-state index is -0.822. The van der Waals surface area contributed by atoms with Gasteiger partial charge in [0.05, 0.1) is 10.8 Å².